The molecule has 78 valence electrons. The van der Waals surface area contributed by atoms with Crippen molar-refractivity contribution in [3.63, 3.8) is 0 Å². The first-order valence-corrected chi connectivity index (χ1v) is 4.87. The van der Waals surface area contributed by atoms with Crippen LogP contribution in [0.2, 0.25) is 0 Å². The average molecular weight is 194 g/mol. The molecule has 1 aromatic rings. The largest absolute Gasteiger partial charge is 0.465 e. The summed E-state index contributed by atoms with van der Waals surface area (Å²) in [5.41, 5.74) is 0.0776. The summed E-state index contributed by atoms with van der Waals surface area (Å²) in [7, 11) is 0. The second-order valence-corrected chi connectivity index (χ2v) is 4.65. The fourth-order valence-corrected chi connectivity index (χ4v) is 1.22. The fourth-order valence-electron chi connectivity index (χ4n) is 1.22. The standard InChI is InChI=1S/C12H18O2/c1-12(2,3)9-11(13)14-10-7-5-4-6-8-10/h4-8,11,13H,9H2,1-3H3. The molecule has 1 rings (SSSR count). The molecule has 0 fully saturated rings. The molecule has 0 aliphatic rings. The van der Waals surface area contributed by atoms with Crippen molar-refractivity contribution in [2.45, 2.75) is 33.5 Å². The summed E-state index contributed by atoms with van der Waals surface area (Å²) in [6.45, 7) is 6.22. The lowest BCUT2D eigenvalue weighted by molar-refractivity contribution is -0.0440. The molecule has 0 aliphatic heterocycles. The Labute approximate surface area is 85.5 Å². The highest BCUT2D eigenvalue weighted by molar-refractivity contribution is 5.20. The van der Waals surface area contributed by atoms with Gasteiger partial charge < -0.3 is 9.84 Å². The molecule has 1 N–H and O–H groups in total. The molecule has 0 aromatic heterocycles. The van der Waals surface area contributed by atoms with Crippen LogP contribution in [-0.2, 0) is 0 Å². The highest BCUT2D eigenvalue weighted by atomic mass is 16.6. The first-order chi connectivity index (χ1) is 6.47. The molecule has 14 heavy (non-hydrogen) atoms. The normalized spacial score (nSPS) is 13.7. The van der Waals surface area contributed by atoms with E-state index in [1.165, 1.54) is 0 Å². The predicted octanol–water partition coefficient (Wildman–Crippen LogP) is 2.82. The number of para-hydroxylation sites is 1. The van der Waals surface area contributed by atoms with Crippen molar-refractivity contribution in [2.24, 2.45) is 5.41 Å². The zero-order valence-electron chi connectivity index (χ0n) is 9.03. The summed E-state index contributed by atoms with van der Waals surface area (Å²) in [5.74, 6) is 0.712. The first-order valence-electron chi connectivity index (χ1n) is 4.87. The van der Waals surface area contributed by atoms with Crippen molar-refractivity contribution in [1.82, 2.24) is 0 Å². The number of hydrogen-bond donors (Lipinski definition) is 1. The second-order valence-electron chi connectivity index (χ2n) is 4.65. The molecular weight excluding hydrogens is 176 g/mol. The van der Waals surface area contributed by atoms with Gasteiger partial charge in [-0.15, -0.1) is 0 Å². The van der Waals surface area contributed by atoms with E-state index >= 15 is 0 Å². The quantitative estimate of drug-likeness (QED) is 0.750. The van der Waals surface area contributed by atoms with Crippen LogP contribution < -0.4 is 4.74 Å². The molecule has 0 spiro atoms. The van der Waals surface area contributed by atoms with Crippen LogP contribution in [-0.4, -0.2) is 11.4 Å². The third-order valence-electron chi connectivity index (χ3n) is 1.80. The van der Waals surface area contributed by atoms with Gasteiger partial charge in [0, 0.05) is 6.42 Å². The maximum absolute atomic E-state index is 9.62. The number of aliphatic hydroxyl groups is 1. The Balaban J connectivity index is 2.46. The summed E-state index contributed by atoms with van der Waals surface area (Å²) in [6, 6.07) is 9.37. The lowest BCUT2D eigenvalue weighted by Gasteiger charge is -2.22. The minimum atomic E-state index is -0.725. The van der Waals surface area contributed by atoms with Crippen molar-refractivity contribution < 1.29 is 9.84 Å². The van der Waals surface area contributed by atoms with E-state index < -0.39 is 6.29 Å². The highest BCUT2D eigenvalue weighted by Gasteiger charge is 2.17. The van der Waals surface area contributed by atoms with Crippen molar-refractivity contribution in [1.29, 1.82) is 0 Å². The maximum Gasteiger partial charge on any atom is 0.197 e. The van der Waals surface area contributed by atoms with Crippen LogP contribution in [0.5, 0.6) is 5.75 Å². The third kappa shape index (κ3) is 4.28. The van der Waals surface area contributed by atoms with Crippen LogP contribution in [0, 0.1) is 5.41 Å². The van der Waals surface area contributed by atoms with E-state index in [0.29, 0.717) is 12.2 Å². The van der Waals surface area contributed by atoms with Crippen LogP contribution >= 0.6 is 0 Å². The molecule has 0 aliphatic carbocycles. The molecule has 0 radical (unpaired) electrons. The minimum Gasteiger partial charge on any atom is -0.465 e. The molecular formula is C12H18O2. The molecule has 0 amide bonds. The summed E-state index contributed by atoms with van der Waals surface area (Å²) in [6.07, 6.45) is -0.0978. The smallest absolute Gasteiger partial charge is 0.197 e. The van der Waals surface area contributed by atoms with Gasteiger partial charge in [0.05, 0.1) is 0 Å². The number of ether oxygens (including phenoxy) is 1. The van der Waals surface area contributed by atoms with E-state index in [4.69, 9.17) is 4.74 Å². The van der Waals surface area contributed by atoms with Gasteiger partial charge in [-0.05, 0) is 17.5 Å². The van der Waals surface area contributed by atoms with Crippen LogP contribution in [0.15, 0.2) is 30.3 Å². The van der Waals surface area contributed by atoms with E-state index in [1.54, 1.807) is 0 Å². The maximum atomic E-state index is 9.62. The molecule has 0 saturated heterocycles. The van der Waals surface area contributed by atoms with Gasteiger partial charge in [-0.2, -0.15) is 0 Å². The molecule has 2 heteroatoms. The summed E-state index contributed by atoms with van der Waals surface area (Å²) >= 11 is 0. The van der Waals surface area contributed by atoms with Gasteiger partial charge >= 0.3 is 0 Å². The van der Waals surface area contributed by atoms with Crippen molar-refractivity contribution in [3.8, 4) is 5.75 Å². The highest BCUT2D eigenvalue weighted by Crippen LogP contribution is 2.22. The first kappa shape index (κ1) is 11.1. The molecule has 1 aromatic carbocycles. The Kier molecular flexibility index (Phi) is 3.53. The number of benzene rings is 1. The van der Waals surface area contributed by atoms with Gasteiger partial charge in [0.15, 0.2) is 6.29 Å². The Hall–Kier alpha value is -1.02. The third-order valence-corrected chi connectivity index (χ3v) is 1.80. The monoisotopic (exact) mass is 194 g/mol. The van der Waals surface area contributed by atoms with Gasteiger partial charge in [-0.3, -0.25) is 0 Å². The van der Waals surface area contributed by atoms with E-state index in [2.05, 4.69) is 20.8 Å². The van der Waals surface area contributed by atoms with Gasteiger partial charge in [-0.1, -0.05) is 39.0 Å². The molecule has 0 bridgehead atoms. The van der Waals surface area contributed by atoms with Crippen LogP contribution in [0.4, 0.5) is 0 Å². The topological polar surface area (TPSA) is 29.5 Å². The van der Waals surface area contributed by atoms with Crippen molar-refractivity contribution in [2.75, 3.05) is 0 Å². The van der Waals surface area contributed by atoms with E-state index in [9.17, 15) is 5.11 Å². The van der Waals surface area contributed by atoms with E-state index in [0.717, 1.165) is 0 Å². The van der Waals surface area contributed by atoms with Crippen LogP contribution in [0.1, 0.15) is 27.2 Å². The predicted molar refractivity (Wildman–Crippen MR) is 57.1 cm³/mol. The molecule has 0 heterocycles. The van der Waals surface area contributed by atoms with Gasteiger partial charge in [0.1, 0.15) is 5.75 Å². The number of rotatable bonds is 3. The molecule has 1 atom stereocenters. The Morgan fingerprint density at radius 3 is 2.29 bits per heavy atom. The van der Waals surface area contributed by atoms with Gasteiger partial charge in [0.2, 0.25) is 0 Å². The van der Waals surface area contributed by atoms with Crippen LogP contribution in [0.3, 0.4) is 0 Å². The van der Waals surface area contributed by atoms with Gasteiger partial charge in [-0.25, -0.2) is 0 Å². The molecule has 0 saturated carbocycles. The van der Waals surface area contributed by atoms with E-state index in [-0.39, 0.29) is 5.41 Å². The zero-order chi connectivity index (χ0) is 10.6. The lowest BCUT2D eigenvalue weighted by atomic mass is 9.92. The molecule has 1 unspecified atom stereocenters. The lowest BCUT2D eigenvalue weighted by Crippen LogP contribution is -2.22. The Morgan fingerprint density at radius 1 is 1.21 bits per heavy atom. The fraction of sp³-hybridized carbons (Fsp3) is 0.500. The molecule has 2 nitrogen and oxygen atoms in total. The minimum absolute atomic E-state index is 0.0776. The van der Waals surface area contributed by atoms with Crippen LogP contribution in [0.25, 0.3) is 0 Å². The Bertz CT molecular complexity index is 261. The van der Waals surface area contributed by atoms with Crippen molar-refractivity contribution in [3.05, 3.63) is 30.3 Å². The summed E-state index contributed by atoms with van der Waals surface area (Å²) < 4.78 is 5.35. The van der Waals surface area contributed by atoms with Gasteiger partial charge in [0.25, 0.3) is 0 Å². The summed E-state index contributed by atoms with van der Waals surface area (Å²) in [4.78, 5) is 0. The van der Waals surface area contributed by atoms with Crippen molar-refractivity contribution >= 4 is 0 Å². The second kappa shape index (κ2) is 4.47. The number of aliphatic hydroxyl groups excluding tert-OH is 1. The average Bonchev–Trinajstić information content (AvgIpc) is 2.02. The van der Waals surface area contributed by atoms with E-state index in [1.807, 2.05) is 30.3 Å². The SMILES string of the molecule is CC(C)(C)CC(O)Oc1ccccc1. The zero-order valence-corrected chi connectivity index (χ0v) is 9.03. The number of hydrogen-bond acceptors (Lipinski definition) is 2. The summed E-state index contributed by atoms with van der Waals surface area (Å²) in [5, 5.41) is 9.62. The Morgan fingerprint density at radius 2 is 1.79 bits per heavy atom.